The summed E-state index contributed by atoms with van der Waals surface area (Å²) < 4.78 is 11.3. The Morgan fingerprint density at radius 1 is 0.886 bits per heavy atom. The highest BCUT2D eigenvalue weighted by molar-refractivity contribution is 6.30. The number of nitrogens with zero attached hydrogens (tertiary/aromatic N) is 3. The number of para-hydroxylation sites is 2. The maximum Gasteiger partial charge on any atom is 0.331 e. The van der Waals surface area contributed by atoms with Crippen LogP contribution in [0.4, 0.5) is 0 Å². The van der Waals surface area contributed by atoms with Crippen LogP contribution in [0.1, 0.15) is 22.9 Å². The van der Waals surface area contributed by atoms with E-state index in [4.69, 9.17) is 16.3 Å². The second kappa shape index (κ2) is 7.75. The molecule has 0 amide bonds. The molecule has 1 aliphatic rings. The van der Waals surface area contributed by atoms with E-state index in [2.05, 4.69) is 4.57 Å². The molecule has 0 fully saturated rings. The molecule has 6 rings (SSSR count). The zero-order valence-electron chi connectivity index (χ0n) is 19.4. The highest BCUT2D eigenvalue weighted by atomic mass is 35.5. The van der Waals surface area contributed by atoms with Gasteiger partial charge in [0.2, 0.25) is 0 Å². The van der Waals surface area contributed by atoms with E-state index in [0.29, 0.717) is 21.7 Å². The first kappa shape index (κ1) is 21.5. The minimum absolute atomic E-state index is 0.342. The molecule has 0 bridgehead atoms. The fraction of sp³-hybridized carbons (Fsp3) is 0.143. The van der Waals surface area contributed by atoms with Crippen molar-refractivity contribution in [3.05, 3.63) is 115 Å². The number of hydrogen-bond acceptors (Lipinski definition) is 3. The molecule has 0 N–H and O–H groups in total. The molecule has 0 aliphatic carbocycles. The number of benzene rings is 3. The Labute approximate surface area is 206 Å². The van der Waals surface area contributed by atoms with Crippen LogP contribution >= 0.6 is 11.6 Å². The second-order valence-corrected chi connectivity index (χ2v) is 9.27. The van der Waals surface area contributed by atoms with Gasteiger partial charge < -0.3 is 9.30 Å². The summed E-state index contributed by atoms with van der Waals surface area (Å²) in [5.74, 6) is 0.682. The topological polar surface area (TPSA) is 58.2 Å². The number of hydrogen-bond donors (Lipinski definition) is 0. The largest absolute Gasteiger partial charge is 0.477 e. The van der Waals surface area contributed by atoms with Gasteiger partial charge in [-0.3, -0.25) is 13.9 Å². The third-order valence-corrected chi connectivity index (χ3v) is 6.99. The van der Waals surface area contributed by atoms with Crippen molar-refractivity contribution in [3.63, 3.8) is 0 Å². The molecule has 174 valence electrons. The quantitative estimate of drug-likeness (QED) is 0.349. The predicted octanol–water partition coefficient (Wildman–Crippen LogP) is 5.14. The molecule has 7 heteroatoms. The lowest BCUT2D eigenvalue weighted by Crippen LogP contribution is -2.37. The van der Waals surface area contributed by atoms with Crippen LogP contribution < -0.4 is 16.0 Å². The Bertz CT molecular complexity index is 1780. The highest BCUT2D eigenvalue weighted by Gasteiger charge is 2.36. The molecule has 1 atom stereocenters. The van der Waals surface area contributed by atoms with Crippen LogP contribution in [0, 0.1) is 6.92 Å². The van der Waals surface area contributed by atoms with E-state index in [1.54, 1.807) is 11.6 Å². The first-order valence-corrected chi connectivity index (χ1v) is 11.7. The average Bonchev–Trinajstić information content (AvgIpc) is 3.22. The van der Waals surface area contributed by atoms with Gasteiger partial charge in [0.25, 0.3) is 5.56 Å². The smallest absolute Gasteiger partial charge is 0.331 e. The minimum atomic E-state index is -0.582. The zero-order chi connectivity index (χ0) is 24.4. The van der Waals surface area contributed by atoms with Crippen molar-refractivity contribution in [2.75, 3.05) is 0 Å². The lowest BCUT2D eigenvalue weighted by atomic mass is 10.0. The fourth-order valence-corrected chi connectivity index (χ4v) is 5.30. The standard InChI is InChI=1S/C28H22ClN3O3/c1-16-9-4-5-12-19(16)23-22-24(30(2)28(34)31(3)27(22)33)25-26(17-10-8-11-18(29)15-17)35-21-14-7-6-13-20(21)32(23)25/h4-15,26H,1-3H3. The Hall–Kier alpha value is -4.03. The van der Waals surface area contributed by atoms with Crippen molar-refractivity contribution in [3.8, 4) is 22.7 Å². The van der Waals surface area contributed by atoms with E-state index in [1.807, 2.05) is 79.7 Å². The summed E-state index contributed by atoms with van der Waals surface area (Å²) in [6.45, 7) is 2.02. The van der Waals surface area contributed by atoms with E-state index >= 15 is 0 Å². The lowest BCUT2D eigenvalue weighted by Gasteiger charge is -2.30. The molecule has 0 saturated heterocycles. The van der Waals surface area contributed by atoms with Gasteiger partial charge in [0.05, 0.1) is 28.0 Å². The van der Waals surface area contributed by atoms with E-state index in [9.17, 15) is 9.59 Å². The Morgan fingerprint density at radius 3 is 2.40 bits per heavy atom. The molecule has 3 aromatic carbocycles. The van der Waals surface area contributed by atoms with Gasteiger partial charge >= 0.3 is 5.69 Å². The number of fused-ring (bicyclic) bond motifs is 5. The molecule has 6 nitrogen and oxygen atoms in total. The maximum atomic E-state index is 13.7. The summed E-state index contributed by atoms with van der Waals surface area (Å²) in [5, 5.41) is 1.06. The molecule has 1 aliphatic heterocycles. The summed E-state index contributed by atoms with van der Waals surface area (Å²) >= 11 is 6.36. The molecule has 1 unspecified atom stereocenters. The molecule has 3 heterocycles. The maximum absolute atomic E-state index is 13.7. The van der Waals surface area contributed by atoms with Gasteiger partial charge in [-0.15, -0.1) is 0 Å². The average molecular weight is 484 g/mol. The Morgan fingerprint density at radius 2 is 1.63 bits per heavy atom. The summed E-state index contributed by atoms with van der Waals surface area (Å²) in [6.07, 6.45) is -0.582. The molecule has 2 aromatic heterocycles. The highest BCUT2D eigenvalue weighted by Crippen LogP contribution is 2.47. The third kappa shape index (κ3) is 3.03. The van der Waals surface area contributed by atoms with Gasteiger partial charge in [0, 0.05) is 24.7 Å². The molecule has 5 aromatic rings. The first-order valence-electron chi connectivity index (χ1n) is 11.3. The van der Waals surface area contributed by atoms with E-state index in [-0.39, 0.29) is 5.56 Å². The van der Waals surface area contributed by atoms with Crippen LogP contribution in [-0.4, -0.2) is 13.7 Å². The van der Waals surface area contributed by atoms with Crippen molar-refractivity contribution in [2.24, 2.45) is 14.1 Å². The van der Waals surface area contributed by atoms with E-state index in [1.165, 1.54) is 7.05 Å². The van der Waals surface area contributed by atoms with E-state index < -0.39 is 11.8 Å². The normalized spacial score (nSPS) is 14.5. The van der Waals surface area contributed by atoms with Crippen LogP contribution in [-0.2, 0) is 14.1 Å². The van der Waals surface area contributed by atoms with Gasteiger partial charge in [0.1, 0.15) is 5.75 Å². The SMILES string of the molecule is Cc1ccccc1-c1c2c(=O)n(C)c(=O)n(C)c2c2n1-c1ccccc1OC2c1cccc(Cl)c1. The number of ether oxygens (including phenoxy) is 1. The number of halogens is 1. The molecule has 0 spiro atoms. The van der Waals surface area contributed by atoms with Crippen LogP contribution in [0.5, 0.6) is 5.75 Å². The summed E-state index contributed by atoms with van der Waals surface area (Å²) in [7, 11) is 3.21. The zero-order valence-corrected chi connectivity index (χ0v) is 20.2. The van der Waals surface area contributed by atoms with Gasteiger partial charge in [-0.1, -0.05) is 60.1 Å². The monoisotopic (exact) mass is 483 g/mol. The number of rotatable bonds is 2. The van der Waals surface area contributed by atoms with Crippen molar-refractivity contribution >= 4 is 22.5 Å². The number of aryl methyl sites for hydroxylation is 2. The van der Waals surface area contributed by atoms with Gasteiger partial charge in [-0.2, -0.15) is 0 Å². The van der Waals surface area contributed by atoms with Gasteiger partial charge in [-0.25, -0.2) is 4.79 Å². The summed E-state index contributed by atoms with van der Waals surface area (Å²) in [5.41, 5.74) is 4.86. The van der Waals surface area contributed by atoms with Crippen LogP contribution in [0.3, 0.4) is 0 Å². The van der Waals surface area contributed by atoms with Gasteiger partial charge in [-0.05, 0) is 42.3 Å². The third-order valence-electron chi connectivity index (χ3n) is 6.76. The Balaban J connectivity index is 1.89. The van der Waals surface area contributed by atoms with Gasteiger partial charge in [0.15, 0.2) is 6.10 Å². The van der Waals surface area contributed by atoms with Crippen molar-refractivity contribution < 1.29 is 4.74 Å². The fourth-order valence-electron chi connectivity index (χ4n) is 5.10. The lowest BCUT2D eigenvalue weighted by molar-refractivity contribution is 0.229. The summed E-state index contributed by atoms with van der Waals surface area (Å²) in [6, 6.07) is 23.2. The molecular formula is C28H22ClN3O3. The first-order chi connectivity index (χ1) is 16.9. The molecular weight excluding hydrogens is 462 g/mol. The van der Waals surface area contributed by atoms with Crippen LogP contribution in [0.25, 0.3) is 27.8 Å². The second-order valence-electron chi connectivity index (χ2n) is 8.83. The predicted molar refractivity (Wildman–Crippen MR) is 138 cm³/mol. The van der Waals surface area contributed by atoms with Crippen LogP contribution in [0.15, 0.2) is 82.4 Å². The molecule has 35 heavy (non-hydrogen) atoms. The van der Waals surface area contributed by atoms with Crippen molar-refractivity contribution in [1.82, 2.24) is 13.7 Å². The molecule has 0 radical (unpaired) electrons. The van der Waals surface area contributed by atoms with E-state index in [0.717, 1.165) is 38.3 Å². The van der Waals surface area contributed by atoms with Crippen molar-refractivity contribution in [2.45, 2.75) is 13.0 Å². The minimum Gasteiger partial charge on any atom is -0.477 e. The van der Waals surface area contributed by atoms with Crippen molar-refractivity contribution in [1.29, 1.82) is 0 Å². The van der Waals surface area contributed by atoms with Crippen LogP contribution in [0.2, 0.25) is 5.02 Å². The number of aromatic nitrogens is 3. The summed E-state index contributed by atoms with van der Waals surface area (Å²) in [4.78, 5) is 26.8. The molecule has 0 saturated carbocycles. The Kier molecular flexibility index (Phi) is 4.76.